The number of hydrogen-bond acceptors (Lipinski definition) is 2. The zero-order valence-electron chi connectivity index (χ0n) is 10.1. The number of ketones is 1. The van der Waals surface area contributed by atoms with Gasteiger partial charge in [-0.2, -0.15) is 0 Å². The van der Waals surface area contributed by atoms with E-state index >= 15 is 0 Å². The van der Waals surface area contributed by atoms with Crippen LogP contribution in [0.25, 0.3) is 0 Å². The summed E-state index contributed by atoms with van der Waals surface area (Å²) in [7, 11) is 0. The normalized spacial score (nSPS) is 10.9. The standard InChI is InChI=1S/C15H9BrClFOS/c16-11-3-1-10(2-4-11)14(19)7-8-20-15-6-5-12(18)9-13(15)17/h1-9H/b8-7+. The summed E-state index contributed by atoms with van der Waals surface area (Å²) in [5.41, 5.74) is 0.607. The van der Waals surface area contributed by atoms with E-state index in [-0.39, 0.29) is 11.6 Å². The molecule has 0 aliphatic rings. The molecule has 0 radical (unpaired) electrons. The van der Waals surface area contributed by atoms with Crippen LogP contribution in [-0.4, -0.2) is 5.78 Å². The van der Waals surface area contributed by atoms with Gasteiger partial charge < -0.3 is 0 Å². The highest BCUT2D eigenvalue weighted by molar-refractivity contribution is 9.10. The summed E-state index contributed by atoms with van der Waals surface area (Å²) >= 11 is 10.5. The Morgan fingerprint density at radius 3 is 2.55 bits per heavy atom. The summed E-state index contributed by atoms with van der Waals surface area (Å²) in [5.74, 6) is -0.475. The molecule has 0 aromatic heterocycles. The van der Waals surface area contributed by atoms with E-state index < -0.39 is 0 Å². The van der Waals surface area contributed by atoms with Crippen LogP contribution in [0.1, 0.15) is 10.4 Å². The molecule has 1 nitrogen and oxygen atoms in total. The van der Waals surface area contributed by atoms with Crippen LogP contribution in [0.3, 0.4) is 0 Å². The predicted molar refractivity (Wildman–Crippen MR) is 84.9 cm³/mol. The van der Waals surface area contributed by atoms with Crippen molar-refractivity contribution in [1.29, 1.82) is 0 Å². The Hall–Kier alpha value is -1.10. The first-order chi connectivity index (χ1) is 9.56. The van der Waals surface area contributed by atoms with E-state index in [1.165, 1.54) is 30.0 Å². The van der Waals surface area contributed by atoms with Crippen LogP contribution in [0.4, 0.5) is 4.39 Å². The summed E-state index contributed by atoms with van der Waals surface area (Å²) in [6.45, 7) is 0. The van der Waals surface area contributed by atoms with E-state index in [2.05, 4.69) is 15.9 Å². The fourth-order valence-electron chi connectivity index (χ4n) is 1.45. The second kappa shape index (κ2) is 7.07. The van der Waals surface area contributed by atoms with Crippen molar-refractivity contribution >= 4 is 45.1 Å². The van der Waals surface area contributed by atoms with Crippen molar-refractivity contribution in [2.24, 2.45) is 0 Å². The number of benzene rings is 2. The fraction of sp³-hybridized carbons (Fsp3) is 0. The van der Waals surface area contributed by atoms with Gasteiger partial charge in [0.1, 0.15) is 5.82 Å². The van der Waals surface area contributed by atoms with E-state index in [9.17, 15) is 9.18 Å². The number of thioether (sulfide) groups is 1. The summed E-state index contributed by atoms with van der Waals surface area (Å²) in [5, 5.41) is 1.97. The van der Waals surface area contributed by atoms with Gasteiger partial charge in [-0.15, -0.1) is 0 Å². The van der Waals surface area contributed by atoms with Crippen molar-refractivity contribution in [1.82, 2.24) is 0 Å². The Morgan fingerprint density at radius 2 is 1.90 bits per heavy atom. The molecule has 2 aromatic rings. The quantitative estimate of drug-likeness (QED) is 0.388. The molecule has 20 heavy (non-hydrogen) atoms. The van der Waals surface area contributed by atoms with Crippen LogP contribution in [-0.2, 0) is 0 Å². The predicted octanol–water partition coefficient (Wildman–Crippen LogP) is 5.73. The highest BCUT2D eigenvalue weighted by Gasteiger charge is 2.03. The lowest BCUT2D eigenvalue weighted by Crippen LogP contribution is -1.92. The largest absolute Gasteiger partial charge is 0.289 e. The molecule has 0 fully saturated rings. The molecule has 0 bridgehead atoms. The van der Waals surface area contributed by atoms with Crippen molar-refractivity contribution in [3.05, 3.63) is 74.8 Å². The second-order valence-electron chi connectivity index (χ2n) is 3.87. The van der Waals surface area contributed by atoms with Crippen molar-refractivity contribution in [2.75, 3.05) is 0 Å². The maximum atomic E-state index is 12.9. The molecule has 0 saturated carbocycles. The average Bonchev–Trinajstić information content (AvgIpc) is 2.42. The van der Waals surface area contributed by atoms with Crippen molar-refractivity contribution < 1.29 is 9.18 Å². The summed E-state index contributed by atoms with van der Waals surface area (Å²) < 4.78 is 13.8. The zero-order chi connectivity index (χ0) is 14.5. The third-order valence-corrected chi connectivity index (χ3v) is 4.27. The van der Waals surface area contributed by atoms with Gasteiger partial charge in [0, 0.05) is 14.9 Å². The van der Waals surface area contributed by atoms with Gasteiger partial charge in [0.15, 0.2) is 5.78 Å². The lowest BCUT2D eigenvalue weighted by molar-refractivity contribution is 0.104. The smallest absolute Gasteiger partial charge is 0.186 e. The number of halogens is 3. The van der Waals surface area contributed by atoms with Crippen molar-refractivity contribution in [3.63, 3.8) is 0 Å². The molecule has 0 N–H and O–H groups in total. The summed E-state index contributed by atoms with van der Waals surface area (Å²) in [6, 6.07) is 11.3. The van der Waals surface area contributed by atoms with Crippen molar-refractivity contribution in [3.8, 4) is 0 Å². The minimum atomic E-state index is -0.380. The molecular weight excluding hydrogens is 363 g/mol. The molecule has 0 heterocycles. The van der Waals surface area contributed by atoms with Gasteiger partial charge >= 0.3 is 0 Å². The monoisotopic (exact) mass is 370 g/mol. The number of carbonyl (C=O) groups is 1. The molecule has 0 spiro atoms. The van der Waals surface area contributed by atoms with Crippen molar-refractivity contribution in [2.45, 2.75) is 4.90 Å². The number of allylic oxidation sites excluding steroid dienone is 1. The van der Waals surface area contributed by atoms with Crippen LogP contribution >= 0.6 is 39.3 Å². The molecule has 5 heteroatoms. The van der Waals surface area contributed by atoms with Gasteiger partial charge in [-0.1, -0.05) is 39.3 Å². The average molecular weight is 372 g/mol. The Balaban J connectivity index is 2.02. The van der Waals surface area contributed by atoms with Crippen LogP contribution < -0.4 is 0 Å². The van der Waals surface area contributed by atoms with Gasteiger partial charge in [-0.25, -0.2) is 4.39 Å². The van der Waals surface area contributed by atoms with Crippen LogP contribution in [0, 0.1) is 5.82 Å². The van der Waals surface area contributed by atoms with E-state index in [0.717, 1.165) is 4.47 Å². The molecule has 102 valence electrons. The van der Waals surface area contributed by atoms with Gasteiger partial charge in [0.05, 0.1) is 5.02 Å². The number of rotatable bonds is 4. The first-order valence-corrected chi connectivity index (χ1v) is 7.69. The number of hydrogen-bond donors (Lipinski definition) is 0. The first-order valence-electron chi connectivity index (χ1n) is 5.64. The molecule has 2 aromatic carbocycles. The fourth-order valence-corrected chi connectivity index (χ4v) is 2.67. The minimum absolute atomic E-state index is 0.0942. The van der Waals surface area contributed by atoms with E-state index in [4.69, 9.17) is 11.6 Å². The molecular formula is C15H9BrClFOS. The van der Waals surface area contributed by atoms with Gasteiger partial charge in [-0.3, -0.25) is 4.79 Å². The van der Waals surface area contributed by atoms with E-state index in [1.54, 1.807) is 23.6 Å². The van der Waals surface area contributed by atoms with Crippen LogP contribution in [0.2, 0.25) is 5.02 Å². The molecule has 0 saturated heterocycles. The van der Waals surface area contributed by atoms with Crippen LogP contribution in [0.15, 0.2) is 63.3 Å². The SMILES string of the molecule is O=C(/C=C/Sc1ccc(F)cc1Cl)c1ccc(Br)cc1. The Kier molecular flexibility index (Phi) is 5.40. The molecule has 0 amide bonds. The summed E-state index contributed by atoms with van der Waals surface area (Å²) in [6.07, 6.45) is 1.47. The maximum absolute atomic E-state index is 12.9. The molecule has 0 aliphatic heterocycles. The number of carbonyl (C=O) groups excluding carboxylic acids is 1. The topological polar surface area (TPSA) is 17.1 Å². The molecule has 0 aliphatic carbocycles. The highest BCUT2D eigenvalue weighted by atomic mass is 79.9. The Bertz CT molecular complexity index is 655. The molecule has 0 unspecified atom stereocenters. The van der Waals surface area contributed by atoms with Gasteiger partial charge in [0.25, 0.3) is 0 Å². The Labute approximate surface area is 134 Å². The van der Waals surface area contributed by atoms with Gasteiger partial charge in [-0.05, 0) is 53.9 Å². The van der Waals surface area contributed by atoms with Crippen LogP contribution in [0.5, 0.6) is 0 Å². The maximum Gasteiger partial charge on any atom is 0.186 e. The Morgan fingerprint density at radius 1 is 1.20 bits per heavy atom. The molecule has 2 rings (SSSR count). The zero-order valence-corrected chi connectivity index (χ0v) is 13.3. The minimum Gasteiger partial charge on any atom is -0.289 e. The van der Waals surface area contributed by atoms with E-state index in [1.807, 2.05) is 12.1 Å². The summed E-state index contributed by atoms with van der Waals surface area (Å²) in [4.78, 5) is 12.6. The second-order valence-corrected chi connectivity index (χ2v) is 6.14. The first kappa shape index (κ1) is 15.3. The third-order valence-electron chi connectivity index (χ3n) is 2.44. The third kappa shape index (κ3) is 4.20. The lowest BCUT2D eigenvalue weighted by atomic mass is 10.1. The molecule has 0 atom stereocenters. The van der Waals surface area contributed by atoms with Gasteiger partial charge in [0.2, 0.25) is 0 Å². The van der Waals surface area contributed by atoms with E-state index in [0.29, 0.717) is 15.5 Å². The highest BCUT2D eigenvalue weighted by Crippen LogP contribution is 2.28. The lowest BCUT2D eigenvalue weighted by Gasteiger charge is -2.00.